The first-order valence-corrected chi connectivity index (χ1v) is 11.7. The summed E-state index contributed by atoms with van der Waals surface area (Å²) in [7, 11) is -5.55. The van der Waals surface area contributed by atoms with Gasteiger partial charge in [-0.3, -0.25) is 9.78 Å². The van der Waals surface area contributed by atoms with Gasteiger partial charge in [0.25, 0.3) is 15.7 Å². The zero-order valence-electron chi connectivity index (χ0n) is 17.4. The zero-order valence-corrected chi connectivity index (χ0v) is 18.2. The molecule has 2 N–H and O–H groups in total. The third-order valence-electron chi connectivity index (χ3n) is 6.19. The Kier molecular flexibility index (Phi) is 4.66. The van der Waals surface area contributed by atoms with Crippen molar-refractivity contribution >= 4 is 44.1 Å². The lowest BCUT2D eigenvalue weighted by molar-refractivity contribution is -0.120. The smallest absolute Gasteiger partial charge is 0.398 e. The van der Waals surface area contributed by atoms with Gasteiger partial charge < -0.3 is 10.6 Å². The normalized spacial score (nSPS) is 17.7. The standard InChI is InChI=1S/C22H17F3N4O4S/c23-22(24,25)34(32,33)15-6-4-14(5-7-15)29-19(30)21(9-10-21)28(20(29)31)12-13-8-11-27-17-3-1-2-16(26)18(13)17/h1-8,11H,9-10,12,26H2. The molecule has 0 bridgehead atoms. The van der Waals surface area contributed by atoms with Crippen LogP contribution in [0.5, 0.6) is 0 Å². The van der Waals surface area contributed by atoms with Crippen LogP contribution >= 0.6 is 0 Å². The third kappa shape index (κ3) is 3.12. The van der Waals surface area contributed by atoms with Crippen molar-refractivity contribution in [3.05, 3.63) is 60.3 Å². The van der Waals surface area contributed by atoms with Crippen LogP contribution in [0.2, 0.25) is 0 Å². The van der Waals surface area contributed by atoms with Gasteiger partial charge in [0.15, 0.2) is 0 Å². The Balaban J connectivity index is 1.49. The molecule has 1 aliphatic heterocycles. The average Bonchev–Trinajstić information content (AvgIpc) is 3.55. The van der Waals surface area contributed by atoms with Crippen molar-refractivity contribution in [2.45, 2.75) is 35.3 Å². The maximum absolute atomic E-state index is 13.3. The fraction of sp³-hybridized carbons (Fsp3) is 0.227. The summed E-state index contributed by atoms with van der Waals surface area (Å²) < 4.78 is 61.7. The van der Waals surface area contributed by atoms with E-state index in [0.717, 1.165) is 29.2 Å². The molecule has 1 spiro atoms. The van der Waals surface area contributed by atoms with Gasteiger partial charge in [0.2, 0.25) is 0 Å². The SMILES string of the molecule is Nc1cccc2nccc(CN3C(=O)N(c4ccc(S(=O)(=O)C(F)(F)F)cc4)C(=O)C34CC4)c12. The molecule has 0 atom stereocenters. The molecule has 0 unspecified atom stereocenters. The lowest BCUT2D eigenvalue weighted by Gasteiger charge is -2.22. The Morgan fingerprint density at radius 1 is 1.03 bits per heavy atom. The average molecular weight is 490 g/mol. The number of fused-ring (bicyclic) bond motifs is 1. The molecule has 3 amide bonds. The number of carbonyl (C=O) groups excluding carboxylic acids is 2. The number of nitrogens with two attached hydrogens (primary N) is 1. The van der Waals surface area contributed by atoms with Crippen LogP contribution in [-0.4, -0.2) is 41.3 Å². The van der Waals surface area contributed by atoms with Gasteiger partial charge in [-0.05, 0) is 60.9 Å². The summed E-state index contributed by atoms with van der Waals surface area (Å²) in [6.07, 6.45) is 2.46. The molecule has 176 valence electrons. The summed E-state index contributed by atoms with van der Waals surface area (Å²) in [6.45, 7) is 0.0782. The Morgan fingerprint density at radius 3 is 2.32 bits per heavy atom. The molecule has 1 aliphatic carbocycles. The molecule has 1 aromatic heterocycles. The number of carbonyl (C=O) groups is 2. The number of rotatable bonds is 4. The Hall–Kier alpha value is -3.67. The number of anilines is 2. The third-order valence-corrected chi connectivity index (χ3v) is 7.69. The predicted octanol–water partition coefficient (Wildman–Crippen LogP) is 3.61. The maximum Gasteiger partial charge on any atom is 0.501 e. The van der Waals surface area contributed by atoms with Gasteiger partial charge in [-0.15, -0.1) is 0 Å². The van der Waals surface area contributed by atoms with Crippen molar-refractivity contribution in [1.82, 2.24) is 9.88 Å². The van der Waals surface area contributed by atoms with Crippen LogP contribution in [0.1, 0.15) is 18.4 Å². The minimum absolute atomic E-state index is 0.0102. The summed E-state index contributed by atoms with van der Waals surface area (Å²) in [5, 5.41) is 0.668. The van der Waals surface area contributed by atoms with E-state index in [4.69, 9.17) is 5.73 Å². The lowest BCUT2D eigenvalue weighted by atomic mass is 10.1. The van der Waals surface area contributed by atoms with Crippen molar-refractivity contribution in [2.75, 3.05) is 10.6 Å². The molecular formula is C22H17F3N4O4S. The van der Waals surface area contributed by atoms with Crippen molar-refractivity contribution in [3.8, 4) is 0 Å². The lowest BCUT2D eigenvalue weighted by Crippen LogP contribution is -2.36. The molecule has 8 nitrogen and oxygen atoms in total. The molecule has 2 heterocycles. The van der Waals surface area contributed by atoms with Crippen LogP contribution in [0, 0.1) is 0 Å². The van der Waals surface area contributed by atoms with Crippen molar-refractivity contribution in [2.24, 2.45) is 0 Å². The highest BCUT2D eigenvalue weighted by molar-refractivity contribution is 7.92. The number of sulfone groups is 1. The quantitative estimate of drug-likeness (QED) is 0.442. The second-order valence-electron chi connectivity index (χ2n) is 8.20. The number of nitrogen functional groups attached to an aromatic ring is 1. The topological polar surface area (TPSA) is 114 Å². The van der Waals surface area contributed by atoms with E-state index >= 15 is 0 Å². The summed E-state index contributed by atoms with van der Waals surface area (Å²) in [4.78, 5) is 32.1. The van der Waals surface area contributed by atoms with E-state index in [1.807, 2.05) is 0 Å². The van der Waals surface area contributed by atoms with E-state index in [1.54, 1.807) is 30.5 Å². The first-order valence-electron chi connectivity index (χ1n) is 10.2. The Labute approximate surface area is 191 Å². The molecule has 12 heteroatoms. The Bertz CT molecular complexity index is 1450. The van der Waals surface area contributed by atoms with E-state index in [1.165, 1.54) is 4.90 Å². The first kappa shape index (κ1) is 22.1. The maximum atomic E-state index is 13.3. The van der Waals surface area contributed by atoms with Gasteiger partial charge in [-0.1, -0.05) is 6.07 Å². The van der Waals surface area contributed by atoms with Crippen LogP contribution in [-0.2, 0) is 21.2 Å². The number of hydrogen-bond donors (Lipinski definition) is 1. The summed E-state index contributed by atoms with van der Waals surface area (Å²) in [5.41, 5.74) is 1.41. The number of benzene rings is 2. The van der Waals surface area contributed by atoms with E-state index in [-0.39, 0.29) is 12.2 Å². The van der Waals surface area contributed by atoms with Gasteiger partial charge in [0.1, 0.15) is 5.54 Å². The van der Waals surface area contributed by atoms with Crippen LogP contribution in [0.15, 0.2) is 59.6 Å². The number of amides is 3. The first-order chi connectivity index (χ1) is 16.0. The molecule has 2 fully saturated rings. The van der Waals surface area contributed by atoms with E-state index < -0.39 is 37.7 Å². The summed E-state index contributed by atoms with van der Waals surface area (Å²) >= 11 is 0. The number of urea groups is 1. The molecule has 1 saturated heterocycles. The predicted molar refractivity (Wildman–Crippen MR) is 116 cm³/mol. The minimum atomic E-state index is -5.55. The fourth-order valence-electron chi connectivity index (χ4n) is 4.28. The van der Waals surface area contributed by atoms with Gasteiger partial charge in [0.05, 0.1) is 16.1 Å². The van der Waals surface area contributed by atoms with E-state index in [0.29, 0.717) is 35.0 Å². The Morgan fingerprint density at radius 2 is 1.71 bits per heavy atom. The monoisotopic (exact) mass is 490 g/mol. The minimum Gasteiger partial charge on any atom is -0.398 e. The van der Waals surface area contributed by atoms with Crippen LogP contribution in [0.4, 0.5) is 29.3 Å². The summed E-state index contributed by atoms with van der Waals surface area (Å²) in [5.74, 6) is -0.504. The number of imide groups is 1. The number of aromatic nitrogens is 1. The molecule has 5 rings (SSSR count). The second kappa shape index (κ2) is 7.16. The summed E-state index contributed by atoms with van der Waals surface area (Å²) in [6, 6.07) is 9.82. The highest BCUT2D eigenvalue weighted by Crippen LogP contribution is 2.50. The van der Waals surface area contributed by atoms with Gasteiger partial charge >= 0.3 is 11.5 Å². The molecule has 2 aromatic carbocycles. The van der Waals surface area contributed by atoms with Crippen LogP contribution < -0.4 is 10.6 Å². The van der Waals surface area contributed by atoms with Crippen LogP contribution in [0.3, 0.4) is 0 Å². The molecule has 3 aromatic rings. The molecular weight excluding hydrogens is 473 g/mol. The number of nitrogens with zero attached hydrogens (tertiary/aromatic N) is 3. The molecule has 0 radical (unpaired) electrons. The van der Waals surface area contributed by atoms with Gasteiger partial charge in [0, 0.05) is 23.8 Å². The largest absolute Gasteiger partial charge is 0.501 e. The van der Waals surface area contributed by atoms with Crippen molar-refractivity contribution in [3.63, 3.8) is 0 Å². The highest BCUT2D eigenvalue weighted by Gasteiger charge is 2.65. The number of alkyl halides is 3. The van der Waals surface area contributed by atoms with Crippen molar-refractivity contribution < 1.29 is 31.2 Å². The van der Waals surface area contributed by atoms with E-state index in [2.05, 4.69) is 4.98 Å². The highest BCUT2D eigenvalue weighted by atomic mass is 32.2. The molecule has 34 heavy (non-hydrogen) atoms. The number of halogens is 3. The van der Waals surface area contributed by atoms with E-state index in [9.17, 15) is 31.2 Å². The van der Waals surface area contributed by atoms with Crippen molar-refractivity contribution in [1.29, 1.82) is 0 Å². The fourth-order valence-corrected chi connectivity index (χ4v) is 5.04. The molecule has 2 aliphatic rings. The van der Waals surface area contributed by atoms with Crippen LogP contribution in [0.25, 0.3) is 10.9 Å². The zero-order chi connectivity index (χ0) is 24.5. The number of pyridine rings is 1. The number of hydrogen-bond acceptors (Lipinski definition) is 6. The van der Waals surface area contributed by atoms with Gasteiger partial charge in [-0.25, -0.2) is 18.1 Å². The second-order valence-corrected chi connectivity index (χ2v) is 10.1. The molecule has 1 saturated carbocycles. The van der Waals surface area contributed by atoms with Gasteiger partial charge in [-0.2, -0.15) is 13.2 Å².